The summed E-state index contributed by atoms with van der Waals surface area (Å²) in [5.41, 5.74) is 0.741. The van der Waals surface area contributed by atoms with Gasteiger partial charge in [0.05, 0.1) is 18.4 Å². The van der Waals surface area contributed by atoms with E-state index < -0.39 is 5.97 Å². The summed E-state index contributed by atoms with van der Waals surface area (Å²) in [5.74, 6) is -1.08. The molecule has 0 atom stereocenters. The van der Waals surface area contributed by atoms with Gasteiger partial charge in [0.1, 0.15) is 0 Å². The molecule has 0 bridgehead atoms. The zero-order valence-electron chi connectivity index (χ0n) is 7.74. The second-order valence-corrected chi connectivity index (χ2v) is 2.93. The van der Waals surface area contributed by atoms with Crippen LogP contribution in [0.3, 0.4) is 0 Å². The van der Waals surface area contributed by atoms with Crippen LogP contribution in [0.25, 0.3) is 0 Å². The van der Waals surface area contributed by atoms with E-state index in [1.807, 2.05) is 18.2 Å². The summed E-state index contributed by atoms with van der Waals surface area (Å²) in [7, 11) is 0. The van der Waals surface area contributed by atoms with E-state index in [4.69, 9.17) is 5.11 Å². The lowest BCUT2D eigenvalue weighted by Crippen LogP contribution is -2.02. The molecule has 0 spiro atoms. The summed E-state index contributed by atoms with van der Waals surface area (Å²) in [5, 5.41) is 15.8. The molecule has 2 aromatic rings. The summed E-state index contributed by atoms with van der Waals surface area (Å²) in [6, 6.07) is 5.51. The van der Waals surface area contributed by atoms with E-state index in [0.717, 1.165) is 5.69 Å². The average Bonchev–Trinajstić information content (AvgIpc) is 2.68. The fraction of sp³-hybridized carbons (Fsp3) is 0.111. The van der Waals surface area contributed by atoms with Crippen molar-refractivity contribution in [2.75, 3.05) is 0 Å². The molecule has 6 nitrogen and oxygen atoms in total. The Morgan fingerprint density at radius 2 is 2.33 bits per heavy atom. The Bertz CT molecular complexity index is 466. The highest BCUT2D eigenvalue weighted by molar-refractivity contribution is 5.84. The predicted molar refractivity (Wildman–Crippen MR) is 50.3 cm³/mol. The molecule has 0 saturated heterocycles. The van der Waals surface area contributed by atoms with E-state index in [1.165, 1.54) is 10.9 Å². The van der Waals surface area contributed by atoms with Crippen LogP contribution >= 0.6 is 0 Å². The van der Waals surface area contributed by atoms with Gasteiger partial charge in [-0.2, -0.15) is 0 Å². The lowest BCUT2D eigenvalue weighted by atomic mass is 10.3. The molecular formula is C9H8N4O2. The molecule has 0 amide bonds. The van der Waals surface area contributed by atoms with Crippen LogP contribution < -0.4 is 0 Å². The van der Waals surface area contributed by atoms with Gasteiger partial charge in [-0.25, -0.2) is 9.48 Å². The number of aromatic carboxylic acids is 1. The van der Waals surface area contributed by atoms with Crippen molar-refractivity contribution in [3.05, 3.63) is 42.0 Å². The van der Waals surface area contributed by atoms with E-state index in [0.29, 0.717) is 6.54 Å². The van der Waals surface area contributed by atoms with Gasteiger partial charge in [-0.3, -0.25) is 4.98 Å². The van der Waals surface area contributed by atoms with Gasteiger partial charge in [-0.05, 0) is 12.1 Å². The highest BCUT2D eigenvalue weighted by Crippen LogP contribution is 1.98. The average molecular weight is 204 g/mol. The van der Waals surface area contributed by atoms with Crippen LogP contribution in [0.5, 0.6) is 0 Å². The maximum atomic E-state index is 10.5. The molecule has 0 unspecified atom stereocenters. The minimum absolute atomic E-state index is 0.0640. The van der Waals surface area contributed by atoms with Crippen molar-refractivity contribution in [2.45, 2.75) is 6.54 Å². The van der Waals surface area contributed by atoms with E-state index in [2.05, 4.69) is 15.3 Å². The normalized spacial score (nSPS) is 10.1. The van der Waals surface area contributed by atoms with Crippen LogP contribution in [0, 0.1) is 0 Å². The Morgan fingerprint density at radius 3 is 2.93 bits per heavy atom. The van der Waals surface area contributed by atoms with E-state index in [-0.39, 0.29) is 5.69 Å². The van der Waals surface area contributed by atoms with Crippen molar-refractivity contribution >= 4 is 5.97 Å². The number of carboxylic acids is 1. The van der Waals surface area contributed by atoms with E-state index in [9.17, 15) is 4.79 Å². The van der Waals surface area contributed by atoms with E-state index >= 15 is 0 Å². The second kappa shape index (κ2) is 3.87. The largest absolute Gasteiger partial charge is 0.476 e. The number of hydrogen-bond donors (Lipinski definition) is 1. The molecule has 0 aliphatic heterocycles. The first-order chi connectivity index (χ1) is 7.25. The minimum Gasteiger partial charge on any atom is -0.476 e. The van der Waals surface area contributed by atoms with Crippen LogP contribution in [0.15, 0.2) is 30.6 Å². The van der Waals surface area contributed by atoms with Gasteiger partial charge in [0.2, 0.25) is 0 Å². The zero-order chi connectivity index (χ0) is 10.7. The Hall–Kier alpha value is -2.24. The van der Waals surface area contributed by atoms with Crippen molar-refractivity contribution in [1.29, 1.82) is 0 Å². The van der Waals surface area contributed by atoms with Crippen LogP contribution in [0.1, 0.15) is 16.2 Å². The monoisotopic (exact) mass is 204 g/mol. The summed E-state index contributed by atoms with van der Waals surface area (Å²) < 4.78 is 1.44. The number of carbonyl (C=O) groups is 1. The molecule has 0 aliphatic rings. The summed E-state index contributed by atoms with van der Waals surface area (Å²) in [6.45, 7) is 0.418. The Morgan fingerprint density at radius 1 is 1.47 bits per heavy atom. The van der Waals surface area contributed by atoms with Crippen molar-refractivity contribution in [2.24, 2.45) is 0 Å². The fourth-order valence-electron chi connectivity index (χ4n) is 1.13. The smallest absolute Gasteiger partial charge is 0.358 e. The number of carboxylic acid groups (broad SMARTS) is 1. The molecule has 2 heterocycles. The second-order valence-electron chi connectivity index (χ2n) is 2.93. The van der Waals surface area contributed by atoms with Crippen LogP contribution in [-0.2, 0) is 6.54 Å². The molecule has 1 N–H and O–H groups in total. The van der Waals surface area contributed by atoms with Gasteiger partial charge in [0, 0.05) is 6.20 Å². The van der Waals surface area contributed by atoms with Gasteiger partial charge in [0.25, 0.3) is 0 Å². The van der Waals surface area contributed by atoms with Gasteiger partial charge < -0.3 is 5.11 Å². The van der Waals surface area contributed by atoms with Crippen LogP contribution in [-0.4, -0.2) is 31.1 Å². The van der Waals surface area contributed by atoms with Crippen molar-refractivity contribution in [3.63, 3.8) is 0 Å². The van der Waals surface area contributed by atoms with E-state index in [1.54, 1.807) is 6.20 Å². The summed E-state index contributed by atoms with van der Waals surface area (Å²) in [6.07, 6.45) is 3.04. The van der Waals surface area contributed by atoms with Gasteiger partial charge in [-0.15, -0.1) is 5.10 Å². The Balaban J connectivity index is 2.15. The molecule has 6 heteroatoms. The maximum Gasteiger partial charge on any atom is 0.358 e. The lowest BCUT2D eigenvalue weighted by molar-refractivity contribution is 0.0690. The lowest BCUT2D eigenvalue weighted by Gasteiger charge is -1.97. The molecule has 0 fully saturated rings. The molecule has 0 aromatic carbocycles. The summed E-state index contributed by atoms with van der Waals surface area (Å²) in [4.78, 5) is 14.6. The molecule has 15 heavy (non-hydrogen) atoms. The third-order valence-electron chi connectivity index (χ3n) is 1.81. The first kappa shape index (κ1) is 9.32. The van der Waals surface area contributed by atoms with Crippen molar-refractivity contribution in [1.82, 2.24) is 20.0 Å². The highest BCUT2D eigenvalue weighted by Gasteiger charge is 2.08. The highest BCUT2D eigenvalue weighted by atomic mass is 16.4. The fourth-order valence-corrected chi connectivity index (χ4v) is 1.13. The molecule has 0 radical (unpaired) electrons. The topological polar surface area (TPSA) is 80.9 Å². The standard InChI is InChI=1S/C9H8N4O2/c14-9(15)8-6-13(12-11-8)5-7-3-1-2-4-10-7/h1-4,6H,5H2,(H,14,15). The quantitative estimate of drug-likeness (QED) is 0.783. The Labute approximate surface area is 85.2 Å². The van der Waals surface area contributed by atoms with Crippen molar-refractivity contribution < 1.29 is 9.90 Å². The van der Waals surface area contributed by atoms with Gasteiger partial charge >= 0.3 is 5.97 Å². The third-order valence-corrected chi connectivity index (χ3v) is 1.81. The number of rotatable bonds is 3. The van der Waals surface area contributed by atoms with Gasteiger partial charge in [-0.1, -0.05) is 11.3 Å². The number of nitrogens with zero attached hydrogens (tertiary/aromatic N) is 4. The summed E-state index contributed by atoms with van der Waals surface area (Å²) >= 11 is 0. The third kappa shape index (κ3) is 2.16. The van der Waals surface area contributed by atoms with Crippen LogP contribution in [0.2, 0.25) is 0 Å². The first-order valence-corrected chi connectivity index (χ1v) is 4.29. The minimum atomic E-state index is -1.08. The number of aromatic nitrogens is 4. The first-order valence-electron chi connectivity index (χ1n) is 4.29. The maximum absolute atomic E-state index is 10.5. The molecule has 76 valence electrons. The number of pyridine rings is 1. The Kier molecular flexibility index (Phi) is 2.40. The molecule has 2 rings (SSSR count). The van der Waals surface area contributed by atoms with Crippen molar-refractivity contribution in [3.8, 4) is 0 Å². The molecule has 2 aromatic heterocycles. The SMILES string of the molecule is O=C(O)c1cn(Cc2ccccn2)nn1. The number of hydrogen-bond acceptors (Lipinski definition) is 4. The molecule has 0 aliphatic carbocycles. The van der Waals surface area contributed by atoms with Gasteiger partial charge in [0.15, 0.2) is 5.69 Å². The van der Waals surface area contributed by atoms with Crippen LogP contribution in [0.4, 0.5) is 0 Å². The predicted octanol–water partition coefficient (Wildman–Crippen LogP) is 0.420. The molecule has 0 saturated carbocycles. The molecular weight excluding hydrogens is 196 g/mol. The zero-order valence-corrected chi connectivity index (χ0v) is 7.74.